The van der Waals surface area contributed by atoms with Gasteiger partial charge in [-0.25, -0.2) is 13.6 Å². The first-order valence-corrected chi connectivity index (χ1v) is 9.91. The number of hydrogen-bond donors (Lipinski definition) is 1. The lowest BCUT2D eigenvalue weighted by atomic mass is 10.1. The molecule has 0 radical (unpaired) electrons. The molecular formula is C17H16BrN3O3S. The number of morpholine rings is 1. The van der Waals surface area contributed by atoms with E-state index in [0.717, 1.165) is 10.0 Å². The van der Waals surface area contributed by atoms with Crippen LogP contribution in [0.15, 0.2) is 51.8 Å². The van der Waals surface area contributed by atoms with Gasteiger partial charge >= 0.3 is 0 Å². The van der Waals surface area contributed by atoms with Crippen molar-refractivity contribution in [2.75, 3.05) is 24.6 Å². The van der Waals surface area contributed by atoms with Gasteiger partial charge in [-0.15, -0.1) is 0 Å². The zero-order chi connectivity index (χ0) is 18.0. The van der Waals surface area contributed by atoms with E-state index in [9.17, 15) is 13.7 Å². The molecule has 3 rings (SSSR count). The third kappa shape index (κ3) is 4.02. The van der Waals surface area contributed by atoms with Crippen molar-refractivity contribution in [2.45, 2.75) is 11.0 Å². The van der Waals surface area contributed by atoms with Crippen LogP contribution >= 0.6 is 15.9 Å². The molecule has 0 spiro atoms. The van der Waals surface area contributed by atoms with E-state index < -0.39 is 10.0 Å². The molecule has 1 saturated heterocycles. The third-order valence-corrected chi connectivity index (χ3v) is 5.51. The Labute approximate surface area is 155 Å². The number of nitrogens with zero attached hydrogens (tertiary/aromatic N) is 2. The molecular weight excluding hydrogens is 406 g/mol. The molecule has 1 aliphatic heterocycles. The molecule has 1 heterocycles. The number of nitriles is 1. The van der Waals surface area contributed by atoms with Crippen LogP contribution in [0.25, 0.3) is 0 Å². The summed E-state index contributed by atoms with van der Waals surface area (Å²) in [6.07, 6.45) is -0.161. The number of halogens is 1. The van der Waals surface area contributed by atoms with Gasteiger partial charge in [0.1, 0.15) is 12.2 Å². The van der Waals surface area contributed by atoms with E-state index in [2.05, 4.69) is 22.0 Å². The van der Waals surface area contributed by atoms with Crippen molar-refractivity contribution in [1.82, 2.24) is 0 Å². The fraction of sp³-hybridized carbons (Fsp3) is 0.235. The number of rotatable bonds is 3. The molecule has 0 aliphatic carbocycles. The number of hydrogen-bond acceptors (Lipinski definition) is 5. The largest absolute Gasteiger partial charge is 0.370 e. The highest BCUT2D eigenvalue weighted by molar-refractivity contribution is 9.10. The minimum Gasteiger partial charge on any atom is -0.370 e. The fourth-order valence-electron chi connectivity index (χ4n) is 2.79. The van der Waals surface area contributed by atoms with Gasteiger partial charge in [0.2, 0.25) is 10.0 Å². The Morgan fingerprint density at radius 1 is 1.24 bits per heavy atom. The lowest BCUT2D eigenvalue weighted by Crippen LogP contribution is -2.38. The predicted molar refractivity (Wildman–Crippen MR) is 97.6 cm³/mol. The quantitative estimate of drug-likeness (QED) is 0.820. The van der Waals surface area contributed by atoms with Crippen LogP contribution in [-0.2, 0) is 14.8 Å². The molecule has 2 aromatic rings. The van der Waals surface area contributed by atoms with Crippen molar-refractivity contribution < 1.29 is 13.2 Å². The smallest absolute Gasteiger partial charge is 0.238 e. The average Bonchev–Trinajstić information content (AvgIpc) is 2.61. The molecule has 0 amide bonds. The number of ether oxygens (including phenoxy) is 1. The maximum absolute atomic E-state index is 11.6. The summed E-state index contributed by atoms with van der Waals surface area (Å²) in [6.45, 7) is 1.56. The molecule has 6 nitrogen and oxygen atoms in total. The first kappa shape index (κ1) is 17.9. The SMILES string of the molecule is N#Cc1ccc(S(N)(=O)=O)cc1N1CCO[C@@H](c2ccc(Br)cc2)C1. The molecule has 2 N–H and O–H groups in total. The van der Waals surface area contributed by atoms with E-state index in [0.29, 0.717) is 30.9 Å². The van der Waals surface area contributed by atoms with Crippen molar-refractivity contribution >= 4 is 31.6 Å². The molecule has 0 aromatic heterocycles. The van der Waals surface area contributed by atoms with Crippen LogP contribution in [0, 0.1) is 11.3 Å². The van der Waals surface area contributed by atoms with Gasteiger partial charge in [-0.2, -0.15) is 5.26 Å². The Kier molecular flexibility index (Phi) is 5.11. The highest BCUT2D eigenvalue weighted by atomic mass is 79.9. The predicted octanol–water partition coefficient (Wildman–Crippen LogP) is 2.55. The van der Waals surface area contributed by atoms with Gasteiger partial charge in [-0.05, 0) is 35.9 Å². The van der Waals surface area contributed by atoms with Gasteiger partial charge in [0.15, 0.2) is 0 Å². The second-order valence-electron chi connectivity index (χ2n) is 5.69. The maximum Gasteiger partial charge on any atom is 0.238 e. The van der Waals surface area contributed by atoms with Crippen LogP contribution in [0.3, 0.4) is 0 Å². The summed E-state index contributed by atoms with van der Waals surface area (Å²) in [7, 11) is -3.83. The minimum absolute atomic E-state index is 0.00631. The van der Waals surface area contributed by atoms with Crippen LogP contribution in [0.5, 0.6) is 0 Å². The molecule has 25 heavy (non-hydrogen) atoms. The van der Waals surface area contributed by atoms with Crippen LogP contribution in [0.4, 0.5) is 5.69 Å². The molecule has 1 atom stereocenters. The van der Waals surface area contributed by atoms with Gasteiger partial charge in [0, 0.05) is 17.6 Å². The van der Waals surface area contributed by atoms with Crippen molar-refractivity contribution in [3.8, 4) is 6.07 Å². The van der Waals surface area contributed by atoms with Gasteiger partial charge in [-0.3, -0.25) is 0 Å². The minimum atomic E-state index is -3.83. The topological polar surface area (TPSA) is 96.4 Å². The third-order valence-electron chi connectivity index (χ3n) is 4.07. The van der Waals surface area contributed by atoms with Crippen molar-refractivity contribution in [3.63, 3.8) is 0 Å². The van der Waals surface area contributed by atoms with E-state index in [-0.39, 0.29) is 11.0 Å². The Bertz CT molecular complexity index is 923. The number of primary sulfonamides is 1. The van der Waals surface area contributed by atoms with E-state index in [4.69, 9.17) is 9.88 Å². The van der Waals surface area contributed by atoms with E-state index in [1.165, 1.54) is 18.2 Å². The summed E-state index contributed by atoms with van der Waals surface area (Å²) < 4.78 is 30.1. The standard InChI is InChI=1S/C17H16BrN3O3S/c18-14-4-1-12(2-5-14)17-11-21(7-8-24-17)16-9-15(25(20,22)23)6-3-13(16)10-19/h1-6,9,17H,7-8,11H2,(H2,20,22,23)/t17-/m1/s1. The maximum atomic E-state index is 11.6. The van der Waals surface area contributed by atoms with Gasteiger partial charge in [0.05, 0.1) is 22.8 Å². The van der Waals surface area contributed by atoms with E-state index in [1.54, 1.807) is 0 Å². The van der Waals surface area contributed by atoms with Crippen molar-refractivity contribution in [2.24, 2.45) is 5.14 Å². The summed E-state index contributed by atoms with van der Waals surface area (Å²) in [5, 5.41) is 14.6. The fourth-order valence-corrected chi connectivity index (χ4v) is 3.59. The molecule has 1 fully saturated rings. The normalized spacial score (nSPS) is 18.0. The Hall–Kier alpha value is -1.92. The lowest BCUT2D eigenvalue weighted by Gasteiger charge is -2.35. The van der Waals surface area contributed by atoms with Crippen molar-refractivity contribution in [3.05, 3.63) is 58.1 Å². The average molecular weight is 422 g/mol. The molecule has 1 aliphatic rings. The summed E-state index contributed by atoms with van der Waals surface area (Å²) >= 11 is 3.41. The van der Waals surface area contributed by atoms with Gasteiger partial charge in [0.25, 0.3) is 0 Å². The summed E-state index contributed by atoms with van der Waals surface area (Å²) in [4.78, 5) is 1.96. The van der Waals surface area contributed by atoms with Crippen molar-refractivity contribution in [1.29, 1.82) is 5.26 Å². The number of sulfonamides is 1. The van der Waals surface area contributed by atoms with Crippen LogP contribution in [0.2, 0.25) is 0 Å². The highest BCUT2D eigenvalue weighted by Crippen LogP contribution is 2.30. The van der Waals surface area contributed by atoms with Crippen LogP contribution in [0.1, 0.15) is 17.2 Å². The Balaban J connectivity index is 1.93. The molecule has 0 bridgehead atoms. The van der Waals surface area contributed by atoms with E-state index >= 15 is 0 Å². The first-order chi connectivity index (χ1) is 11.9. The second-order valence-corrected chi connectivity index (χ2v) is 8.17. The van der Waals surface area contributed by atoms with Crippen LogP contribution < -0.4 is 10.0 Å². The summed E-state index contributed by atoms with van der Waals surface area (Å²) in [6, 6.07) is 14.2. The Morgan fingerprint density at radius 2 is 1.96 bits per heavy atom. The first-order valence-electron chi connectivity index (χ1n) is 7.57. The molecule has 8 heteroatoms. The van der Waals surface area contributed by atoms with E-state index in [1.807, 2.05) is 29.2 Å². The monoisotopic (exact) mass is 421 g/mol. The number of nitrogens with two attached hydrogens (primary N) is 1. The molecule has 130 valence electrons. The lowest BCUT2D eigenvalue weighted by molar-refractivity contribution is 0.0397. The summed E-state index contributed by atoms with van der Waals surface area (Å²) in [5.74, 6) is 0. The highest BCUT2D eigenvalue weighted by Gasteiger charge is 2.25. The van der Waals surface area contributed by atoms with Gasteiger partial charge < -0.3 is 9.64 Å². The zero-order valence-corrected chi connectivity index (χ0v) is 15.6. The zero-order valence-electron chi connectivity index (χ0n) is 13.2. The van der Waals surface area contributed by atoms with Crippen LogP contribution in [-0.4, -0.2) is 28.1 Å². The second kappa shape index (κ2) is 7.14. The molecule has 0 unspecified atom stereocenters. The summed E-state index contributed by atoms with van der Waals surface area (Å²) in [5.41, 5.74) is 1.98. The van der Waals surface area contributed by atoms with Gasteiger partial charge in [-0.1, -0.05) is 28.1 Å². The number of anilines is 1. The molecule has 2 aromatic carbocycles. The number of benzene rings is 2. The Morgan fingerprint density at radius 3 is 2.60 bits per heavy atom. The molecule has 0 saturated carbocycles.